The van der Waals surface area contributed by atoms with E-state index in [0.29, 0.717) is 0 Å². The number of benzene rings is 2. The molecule has 1 N–H and O–H groups in total. The van der Waals surface area contributed by atoms with Crippen LogP contribution in [0.3, 0.4) is 0 Å². The number of fused-ring (bicyclic) bond motifs is 1. The van der Waals surface area contributed by atoms with E-state index < -0.39 is 0 Å². The summed E-state index contributed by atoms with van der Waals surface area (Å²) in [5.74, 6) is 0. The van der Waals surface area contributed by atoms with Gasteiger partial charge in [0.05, 0.1) is 0 Å². The van der Waals surface area contributed by atoms with Crippen LogP contribution in [-0.4, -0.2) is 11.9 Å². The Hall–Kier alpha value is -1.16. The van der Waals surface area contributed by atoms with Crippen LogP contribution in [0.1, 0.15) is 22.3 Å². The fourth-order valence-corrected chi connectivity index (χ4v) is 3.34. The van der Waals surface area contributed by atoms with Gasteiger partial charge in [-0.2, -0.15) is 0 Å². The molecule has 0 amide bonds. The van der Waals surface area contributed by atoms with E-state index in [2.05, 4.69) is 68.6 Å². The highest BCUT2D eigenvalue weighted by molar-refractivity contribution is 9.10. The third-order valence-corrected chi connectivity index (χ3v) is 4.54. The van der Waals surface area contributed by atoms with Crippen LogP contribution >= 0.6 is 15.9 Å². The molecule has 0 bridgehead atoms. The normalized spacial score (nSPS) is 14.5. The molecule has 0 aliphatic carbocycles. The summed E-state index contributed by atoms with van der Waals surface area (Å²) in [6, 6.07) is 15.4. The Morgan fingerprint density at radius 3 is 2.40 bits per heavy atom. The van der Waals surface area contributed by atoms with Crippen molar-refractivity contribution < 1.29 is 0 Å². The van der Waals surface area contributed by atoms with Gasteiger partial charge in [-0.15, -0.1) is 0 Å². The van der Waals surface area contributed by atoms with E-state index in [0.717, 1.165) is 26.2 Å². The maximum atomic E-state index is 3.71. The first-order valence-corrected chi connectivity index (χ1v) is 7.76. The molecule has 0 unspecified atom stereocenters. The van der Waals surface area contributed by atoms with Gasteiger partial charge in [0.25, 0.3) is 0 Å². The number of rotatable bonds is 4. The second-order valence-corrected chi connectivity index (χ2v) is 6.22. The van der Waals surface area contributed by atoms with Gasteiger partial charge >= 0.3 is 0 Å². The molecule has 104 valence electrons. The summed E-state index contributed by atoms with van der Waals surface area (Å²) >= 11 is 3.71. The molecule has 2 aromatic rings. The first kappa shape index (κ1) is 13.8. The van der Waals surface area contributed by atoms with Crippen LogP contribution in [0, 0.1) is 0 Å². The van der Waals surface area contributed by atoms with Crippen molar-refractivity contribution in [3.8, 4) is 0 Å². The number of hydrogen-bond donors (Lipinski definition) is 1. The molecule has 0 saturated carbocycles. The molecule has 0 fully saturated rings. The van der Waals surface area contributed by atoms with Gasteiger partial charge in [0.1, 0.15) is 0 Å². The average molecular weight is 331 g/mol. The molecule has 2 nitrogen and oxygen atoms in total. The van der Waals surface area contributed by atoms with Gasteiger partial charge in [-0.1, -0.05) is 52.3 Å². The number of halogens is 1. The molecule has 3 heteroatoms. The molecular formula is C17H19BrN2. The smallest absolute Gasteiger partial charge is 0.0252 e. The topological polar surface area (TPSA) is 15.3 Å². The van der Waals surface area contributed by atoms with Crippen molar-refractivity contribution in [3.05, 3.63) is 69.2 Å². The molecule has 2 aromatic carbocycles. The second kappa shape index (κ2) is 6.08. The van der Waals surface area contributed by atoms with Gasteiger partial charge in [0.15, 0.2) is 0 Å². The molecule has 0 aromatic heterocycles. The van der Waals surface area contributed by atoms with Crippen molar-refractivity contribution in [1.29, 1.82) is 0 Å². The van der Waals surface area contributed by atoms with Gasteiger partial charge in [0, 0.05) is 30.7 Å². The highest BCUT2D eigenvalue weighted by Gasteiger charge is 2.18. The van der Waals surface area contributed by atoms with Crippen LogP contribution in [0.2, 0.25) is 0 Å². The average Bonchev–Trinajstić information content (AvgIpc) is 2.84. The zero-order valence-electron chi connectivity index (χ0n) is 11.7. The molecule has 0 radical (unpaired) electrons. The predicted molar refractivity (Wildman–Crippen MR) is 86.3 cm³/mol. The lowest BCUT2D eigenvalue weighted by atomic mass is 10.1. The highest BCUT2D eigenvalue weighted by Crippen LogP contribution is 2.26. The summed E-state index contributed by atoms with van der Waals surface area (Å²) < 4.78 is 1.21. The Bertz CT molecular complexity index is 585. The molecule has 3 rings (SSSR count). The minimum absolute atomic E-state index is 0.911. The number of nitrogens with zero attached hydrogens (tertiary/aromatic N) is 1. The first-order chi connectivity index (χ1) is 9.76. The zero-order chi connectivity index (χ0) is 13.9. The van der Waals surface area contributed by atoms with E-state index in [1.54, 1.807) is 0 Å². The van der Waals surface area contributed by atoms with Crippen LogP contribution < -0.4 is 5.32 Å². The summed E-state index contributed by atoms with van der Waals surface area (Å²) in [4.78, 5) is 2.49. The van der Waals surface area contributed by atoms with Gasteiger partial charge in [-0.3, -0.25) is 4.90 Å². The van der Waals surface area contributed by atoms with Crippen LogP contribution in [0.15, 0.2) is 46.9 Å². The summed E-state index contributed by atoms with van der Waals surface area (Å²) in [5.41, 5.74) is 5.61. The van der Waals surface area contributed by atoms with E-state index in [4.69, 9.17) is 0 Å². The van der Waals surface area contributed by atoms with Crippen molar-refractivity contribution in [1.82, 2.24) is 10.2 Å². The monoisotopic (exact) mass is 330 g/mol. The van der Waals surface area contributed by atoms with E-state index in [1.807, 2.05) is 7.05 Å². The van der Waals surface area contributed by atoms with Crippen LogP contribution in [0.5, 0.6) is 0 Å². The number of nitrogens with one attached hydrogen (secondary N) is 1. The molecule has 1 aliphatic rings. The maximum absolute atomic E-state index is 3.71. The largest absolute Gasteiger partial charge is 0.316 e. The summed E-state index contributed by atoms with van der Waals surface area (Å²) in [6.45, 7) is 4.02. The highest BCUT2D eigenvalue weighted by atomic mass is 79.9. The lowest BCUT2D eigenvalue weighted by Gasteiger charge is -2.16. The van der Waals surface area contributed by atoms with Crippen LogP contribution in [0.4, 0.5) is 0 Å². The molecule has 1 aliphatic heterocycles. The SMILES string of the molecule is CNCc1ccc(CN2Cc3ccccc3C2)c(Br)c1. The lowest BCUT2D eigenvalue weighted by molar-refractivity contribution is 0.275. The van der Waals surface area contributed by atoms with Gasteiger partial charge < -0.3 is 5.32 Å². The Balaban J connectivity index is 1.71. The maximum Gasteiger partial charge on any atom is 0.0252 e. The molecular weight excluding hydrogens is 312 g/mol. The van der Waals surface area contributed by atoms with Crippen molar-refractivity contribution in [2.24, 2.45) is 0 Å². The van der Waals surface area contributed by atoms with Crippen molar-refractivity contribution in [3.63, 3.8) is 0 Å². The van der Waals surface area contributed by atoms with E-state index >= 15 is 0 Å². The van der Waals surface area contributed by atoms with E-state index in [-0.39, 0.29) is 0 Å². The van der Waals surface area contributed by atoms with Gasteiger partial charge in [-0.25, -0.2) is 0 Å². The van der Waals surface area contributed by atoms with E-state index in [1.165, 1.54) is 26.7 Å². The summed E-state index contributed by atoms with van der Waals surface area (Å²) in [6.07, 6.45) is 0. The number of hydrogen-bond acceptors (Lipinski definition) is 2. The molecule has 0 atom stereocenters. The lowest BCUT2D eigenvalue weighted by Crippen LogP contribution is -2.16. The van der Waals surface area contributed by atoms with Gasteiger partial charge in [-0.05, 0) is 35.4 Å². The van der Waals surface area contributed by atoms with Crippen molar-refractivity contribution in [2.45, 2.75) is 26.2 Å². The molecule has 1 heterocycles. The summed E-state index contributed by atoms with van der Waals surface area (Å²) in [5, 5.41) is 3.18. The quantitative estimate of drug-likeness (QED) is 0.919. The zero-order valence-corrected chi connectivity index (χ0v) is 13.3. The molecule has 20 heavy (non-hydrogen) atoms. The summed E-state index contributed by atoms with van der Waals surface area (Å²) in [7, 11) is 1.98. The Kier molecular flexibility index (Phi) is 4.20. The van der Waals surface area contributed by atoms with Crippen LogP contribution in [-0.2, 0) is 26.2 Å². The Morgan fingerprint density at radius 1 is 1.10 bits per heavy atom. The minimum atomic E-state index is 0.911. The first-order valence-electron chi connectivity index (χ1n) is 6.97. The van der Waals surface area contributed by atoms with Crippen molar-refractivity contribution in [2.75, 3.05) is 7.05 Å². The van der Waals surface area contributed by atoms with Crippen LogP contribution in [0.25, 0.3) is 0 Å². The van der Waals surface area contributed by atoms with Gasteiger partial charge in [0.2, 0.25) is 0 Å². The fourth-order valence-electron chi connectivity index (χ4n) is 2.79. The predicted octanol–water partition coefficient (Wildman–Crippen LogP) is 3.68. The van der Waals surface area contributed by atoms with E-state index in [9.17, 15) is 0 Å². The molecule has 0 spiro atoms. The molecule has 0 saturated heterocycles. The fraction of sp³-hybridized carbons (Fsp3) is 0.294. The second-order valence-electron chi connectivity index (χ2n) is 5.37. The Morgan fingerprint density at radius 2 is 1.80 bits per heavy atom. The standard InChI is InChI=1S/C17H19BrN2/c1-19-9-13-6-7-16(17(18)8-13)12-20-10-14-4-2-3-5-15(14)11-20/h2-8,19H,9-12H2,1H3. The minimum Gasteiger partial charge on any atom is -0.316 e. The third-order valence-electron chi connectivity index (χ3n) is 3.80. The third kappa shape index (κ3) is 2.95. The van der Waals surface area contributed by atoms with Crippen molar-refractivity contribution >= 4 is 15.9 Å². The Labute approximate surface area is 128 Å².